The Morgan fingerprint density at radius 1 is 1.50 bits per heavy atom. The zero-order valence-electron chi connectivity index (χ0n) is 10.8. The molecule has 0 saturated carbocycles. The Balaban J connectivity index is 1.73. The number of rotatable bonds is 5. The fourth-order valence-electron chi connectivity index (χ4n) is 2.45. The van der Waals surface area contributed by atoms with Crippen LogP contribution in [0, 0.1) is 5.92 Å². The fourth-order valence-corrected chi connectivity index (χ4v) is 2.65. The third-order valence-electron chi connectivity index (χ3n) is 3.59. The molecule has 0 amide bonds. The van der Waals surface area contributed by atoms with E-state index < -0.39 is 0 Å². The van der Waals surface area contributed by atoms with E-state index in [4.69, 9.17) is 11.6 Å². The third kappa shape index (κ3) is 3.61. The Labute approximate surface area is 114 Å². The summed E-state index contributed by atoms with van der Waals surface area (Å²) in [6, 6.07) is 5.37. The quantitative estimate of drug-likeness (QED) is 0.861. The summed E-state index contributed by atoms with van der Waals surface area (Å²) >= 11 is 5.87. The number of hydrogen-bond acceptors (Lipinski definition) is 3. The SMILES string of the molecule is CCN1CCC(CNCc2ccc(O)c(Cl)c2)C1. The van der Waals surface area contributed by atoms with Crippen molar-refractivity contribution in [3.05, 3.63) is 28.8 Å². The van der Waals surface area contributed by atoms with Crippen molar-refractivity contribution in [3.63, 3.8) is 0 Å². The number of phenolic OH excluding ortho intramolecular Hbond substituents is 1. The molecule has 100 valence electrons. The summed E-state index contributed by atoms with van der Waals surface area (Å²) in [4.78, 5) is 2.49. The molecule has 1 fully saturated rings. The molecule has 18 heavy (non-hydrogen) atoms. The van der Waals surface area contributed by atoms with Crippen LogP contribution in [-0.2, 0) is 6.54 Å². The Bertz CT molecular complexity index is 397. The van der Waals surface area contributed by atoms with Gasteiger partial charge >= 0.3 is 0 Å². The lowest BCUT2D eigenvalue weighted by Crippen LogP contribution is -2.26. The van der Waals surface area contributed by atoms with Crippen LogP contribution in [0.25, 0.3) is 0 Å². The largest absolute Gasteiger partial charge is 0.506 e. The summed E-state index contributed by atoms with van der Waals surface area (Å²) in [5.41, 5.74) is 1.11. The molecule has 0 aromatic heterocycles. The van der Waals surface area contributed by atoms with E-state index in [-0.39, 0.29) is 5.75 Å². The van der Waals surface area contributed by atoms with Crippen LogP contribution in [0.2, 0.25) is 5.02 Å². The average Bonchev–Trinajstić information content (AvgIpc) is 2.82. The summed E-state index contributed by atoms with van der Waals surface area (Å²) in [6.07, 6.45) is 1.29. The van der Waals surface area contributed by atoms with Crippen molar-refractivity contribution in [3.8, 4) is 5.75 Å². The van der Waals surface area contributed by atoms with E-state index in [0.29, 0.717) is 5.02 Å². The molecular weight excluding hydrogens is 248 g/mol. The minimum absolute atomic E-state index is 0.148. The maximum atomic E-state index is 9.34. The number of nitrogens with zero attached hydrogens (tertiary/aromatic N) is 1. The molecule has 1 aromatic carbocycles. The van der Waals surface area contributed by atoms with E-state index in [1.165, 1.54) is 19.5 Å². The summed E-state index contributed by atoms with van der Waals surface area (Å²) in [5, 5.41) is 13.2. The van der Waals surface area contributed by atoms with Crippen LogP contribution < -0.4 is 5.32 Å². The van der Waals surface area contributed by atoms with Gasteiger partial charge in [0.1, 0.15) is 5.75 Å². The first-order chi connectivity index (χ1) is 8.69. The molecular formula is C14H21ClN2O. The van der Waals surface area contributed by atoms with E-state index >= 15 is 0 Å². The van der Waals surface area contributed by atoms with Gasteiger partial charge < -0.3 is 15.3 Å². The lowest BCUT2D eigenvalue weighted by atomic mass is 10.1. The Hall–Kier alpha value is -0.770. The van der Waals surface area contributed by atoms with Crippen molar-refractivity contribution in [2.45, 2.75) is 19.9 Å². The molecule has 1 unspecified atom stereocenters. The molecule has 0 aliphatic carbocycles. The van der Waals surface area contributed by atoms with Gasteiger partial charge in [0.05, 0.1) is 5.02 Å². The van der Waals surface area contributed by atoms with Crippen molar-refractivity contribution in [1.29, 1.82) is 0 Å². The van der Waals surface area contributed by atoms with Crippen LogP contribution in [0.1, 0.15) is 18.9 Å². The smallest absolute Gasteiger partial charge is 0.134 e. The van der Waals surface area contributed by atoms with Gasteiger partial charge in [-0.2, -0.15) is 0 Å². The Morgan fingerprint density at radius 2 is 2.33 bits per heavy atom. The van der Waals surface area contributed by atoms with Crippen molar-refractivity contribution in [2.24, 2.45) is 5.92 Å². The first-order valence-corrected chi connectivity index (χ1v) is 6.97. The highest BCUT2D eigenvalue weighted by molar-refractivity contribution is 6.32. The minimum Gasteiger partial charge on any atom is -0.506 e. The number of halogens is 1. The van der Waals surface area contributed by atoms with Crippen LogP contribution in [0.4, 0.5) is 0 Å². The molecule has 0 bridgehead atoms. The average molecular weight is 269 g/mol. The number of likely N-dealkylation sites (tertiary alicyclic amines) is 1. The molecule has 1 heterocycles. The van der Waals surface area contributed by atoms with Crippen LogP contribution in [-0.4, -0.2) is 36.2 Å². The molecule has 0 radical (unpaired) electrons. The molecule has 3 nitrogen and oxygen atoms in total. The highest BCUT2D eigenvalue weighted by Gasteiger charge is 2.20. The molecule has 1 aliphatic heterocycles. The van der Waals surface area contributed by atoms with Gasteiger partial charge in [0, 0.05) is 13.1 Å². The van der Waals surface area contributed by atoms with E-state index in [0.717, 1.165) is 31.1 Å². The molecule has 2 N–H and O–H groups in total. The van der Waals surface area contributed by atoms with Crippen molar-refractivity contribution in [2.75, 3.05) is 26.2 Å². The van der Waals surface area contributed by atoms with Crippen LogP contribution >= 0.6 is 11.6 Å². The van der Waals surface area contributed by atoms with E-state index in [9.17, 15) is 5.11 Å². The minimum atomic E-state index is 0.148. The first-order valence-electron chi connectivity index (χ1n) is 6.59. The summed E-state index contributed by atoms with van der Waals surface area (Å²) < 4.78 is 0. The molecule has 1 aliphatic rings. The second-order valence-corrected chi connectivity index (χ2v) is 5.37. The number of nitrogens with one attached hydrogen (secondary N) is 1. The molecule has 1 saturated heterocycles. The van der Waals surface area contributed by atoms with E-state index in [1.54, 1.807) is 6.07 Å². The standard InChI is InChI=1S/C14H21ClN2O/c1-2-17-6-5-12(10-17)9-16-8-11-3-4-14(18)13(15)7-11/h3-4,7,12,16,18H,2,5-6,8-10H2,1H3. The second-order valence-electron chi connectivity index (χ2n) is 4.96. The molecule has 0 spiro atoms. The van der Waals surface area contributed by atoms with Gasteiger partial charge in [0.25, 0.3) is 0 Å². The summed E-state index contributed by atoms with van der Waals surface area (Å²) in [5.74, 6) is 0.910. The number of benzene rings is 1. The lowest BCUT2D eigenvalue weighted by molar-refractivity contribution is 0.339. The van der Waals surface area contributed by atoms with Gasteiger partial charge in [-0.15, -0.1) is 0 Å². The monoisotopic (exact) mass is 268 g/mol. The summed E-state index contributed by atoms with van der Waals surface area (Å²) in [6.45, 7) is 7.67. The van der Waals surface area contributed by atoms with Gasteiger partial charge in [-0.25, -0.2) is 0 Å². The normalized spacial score (nSPS) is 20.4. The molecule has 1 aromatic rings. The zero-order valence-corrected chi connectivity index (χ0v) is 11.6. The predicted octanol–water partition coefficient (Wildman–Crippen LogP) is 2.48. The Morgan fingerprint density at radius 3 is 3.00 bits per heavy atom. The van der Waals surface area contributed by atoms with Crippen molar-refractivity contribution in [1.82, 2.24) is 10.2 Å². The van der Waals surface area contributed by atoms with Crippen LogP contribution in [0.3, 0.4) is 0 Å². The van der Waals surface area contributed by atoms with Crippen molar-refractivity contribution >= 4 is 11.6 Å². The predicted molar refractivity (Wildman–Crippen MR) is 75.0 cm³/mol. The van der Waals surface area contributed by atoms with Gasteiger partial charge in [-0.05, 0) is 49.7 Å². The highest BCUT2D eigenvalue weighted by Crippen LogP contribution is 2.23. The summed E-state index contributed by atoms with van der Waals surface area (Å²) in [7, 11) is 0. The molecule has 4 heteroatoms. The third-order valence-corrected chi connectivity index (χ3v) is 3.89. The van der Waals surface area contributed by atoms with Crippen LogP contribution in [0.5, 0.6) is 5.75 Å². The molecule has 1 atom stereocenters. The van der Waals surface area contributed by atoms with Gasteiger partial charge in [0.2, 0.25) is 0 Å². The lowest BCUT2D eigenvalue weighted by Gasteiger charge is -2.13. The number of hydrogen-bond donors (Lipinski definition) is 2. The molecule has 2 rings (SSSR count). The number of aromatic hydroxyl groups is 1. The fraction of sp³-hybridized carbons (Fsp3) is 0.571. The maximum absolute atomic E-state index is 9.34. The van der Waals surface area contributed by atoms with Gasteiger partial charge in [-0.1, -0.05) is 24.6 Å². The maximum Gasteiger partial charge on any atom is 0.134 e. The highest BCUT2D eigenvalue weighted by atomic mass is 35.5. The number of phenols is 1. The topological polar surface area (TPSA) is 35.5 Å². The Kier molecular flexibility index (Phi) is 4.87. The van der Waals surface area contributed by atoms with Crippen LogP contribution in [0.15, 0.2) is 18.2 Å². The first kappa shape index (κ1) is 13.7. The van der Waals surface area contributed by atoms with E-state index in [2.05, 4.69) is 17.1 Å². The zero-order chi connectivity index (χ0) is 13.0. The van der Waals surface area contributed by atoms with Crippen molar-refractivity contribution < 1.29 is 5.11 Å². The van der Waals surface area contributed by atoms with Gasteiger partial charge in [0.15, 0.2) is 0 Å². The van der Waals surface area contributed by atoms with Gasteiger partial charge in [-0.3, -0.25) is 0 Å². The van der Waals surface area contributed by atoms with E-state index in [1.807, 2.05) is 12.1 Å². The second kappa shape index (κ2) is 6.41.